The molecule has 3 amide bonds. The molecule has 0 radical (unpaired) electrons. The third-order valence-corrected chi connectivity index (χ3v) is 5.02. The number of rotatable bonds is 5. The normalized spacial score (nSPS) is 12.9. The number of imide groups is 1. The van der Waals surface area contributed by atoms with E-state index in [2.05, 4.69) is 15.9 Å². The molecule has 0 saturated carbocycles. The molecule has 0 saturated heterocycles. The van der Waals surface area contributed by atoms with Crippen molar-refractivity contribution in [1.82, 2.24) is 9.80 Å². The van der Waals surface area contributed by atoms with Gasteiger partial charge in [-0.3, -0.25) is 29.4 Å². The van der Waals surface area contributed by atoms with Crippen LogP contribution in [0.4, 0.5) is 5.69 Å². The number of nitro benzene ring substituents is 1. The lowest BCUT2D eigenvalue weighted by atomic mass is 10.1. The summed E-state index contributed by atoms with van der Waals surface area (Å²) in [5.41, 5.74) is 0.600. The van der Waals surface area contributed by atoms with Gasteiger partial charge in [-0.05, 0) is 17.7 Å². The standard InChI is InChI=1S/C18H14BrN3O5/c1-20(9-11-4-2-3-5-15(11)19)16(23)10-21-17(24)13-7-6-12(22(26)27)8-14(13)18(21)25/h2-8H,9-10H2,1H3. The van der Waals surface area contributed by atoms with Gasteiger partial charge < -0.3 is 4.90 Å². The third kappa shape index (κ3) is 3.59. The fourth-order valence-corrected chi connectivity index (χ4v) is 3.17. The smallest absolute Gasteiger partial charge is 0.270 e. The van der Waals surface area contributed by atoms with Gasteiger partial charge in [0.2, 0.25) is 5.91 Å². The number of likely N-dealkylation sites (N-methyl/N-ethyl adjacent to an activating group) is 1. The van der Waals surface area contributed by atoms with Crippen LogP contribution in [0.2, 0.25) is 0 Å². The monoisotopic (exact) mass is 431 g/mol. The van der Waals surface area contributed by atoms with Crippen LogP contribution in [0.5, 0.6) is 0 Å². The molecule has 8 nitrogen and oxygen atoms in total. The summed E-state index contributed by atoms with van der Waals surface area (Å²) in [5, 5.41) is 10.9. The molecule has 138 valence electrons. The lowest BCUT2D eigenvalue weighted by molar-refractivity contribution is -0.384. The zero-order valence-electron chi connectivity index (χ0n) is 14.2. The Labute approximate surface area is 162 Å². The first-order valence-electron chi connectivity index (χ1n) is 7.91. The Morgan fingerprint density at radius 3 is 2.48 bits per heavy atom. The van der Waals surface area contributed by atoms with Gasteiger partial charge in [-0.15, -0.1) is 0 Å². The van der Waals surface area contributed by atoms with Gasteiger partial charge in [0.15, 0.2) is 0 Å². The van der Waals surface area contributed by atoms with Crippen molar-refractivity contribution in [2.75, 3.05) is 13.6 Å². The zero-order chi connectivity index (χ0) is 19.7. The molecule has 0 unspecified atom stereocenters. The average Bonchev–Trinajstić information content (AvgIpc) is 2.88. The minimum Gasteiger partial charge on any atom is -0.340 e. The van der Waals surface area contributed by atoms with Gasteiger partial charge in [-0.2, -0.15) is 0 Å². The van der Waals surface area contributed by atoms with Crippen LogP contribution < -0.4 is 0 Å². The number of amides is 3. The highest BCUT2D eigenvalue weighted by Crippen LogP contribution is 2.27. The number of benzene rings is 2. The van der Waals surface area contributed by atoms with E-state index >= 15 is 0 Å². The highest BCUT2D eigenvalue weighted by Gasteiger charge is 2.38. The average molecular weight is 432 g/mol. The highest BCUT2D eigenvalue weighted by atomic mass is 79.9. The fourth-order valence-electron chi connectivity index (χ4n) is 2.76. The Bertz CT molecular complexity index is 975. The number of fused-ring (bicyclic) bond motifs is 1. The van der Waals surface area contributed by atoms with E-state index in [4.69, 9.17) is 0 Å². The van der Waals surface area contributed by atoms with Crippen molar-refractivity contribution >= 4 is 39.3 Å². The summed E-state index contributed by atoms with van der Waals surface area (Å²) in [7, 11) is 1.57. The molecular formula is C18H14BrN3O5. The number of nitro groups is 1. The van der Waals surface area contributed by atoms with E-state index in [0.29, 0.717) is 6.54 Å². The van der Waals surface area contributed by atoms with Crippen LogP contribution in [-0.4, -0.2) is 46.0 Å². The van der Waals surface area contributed by atoms with Gasteiger partial charge >= 0.3 is 0 Å². The van der Waals surface area contributed by atoms with E-state index in [1.807, 2.05) is 24.3 Å². The SMILES string of the molecule is CN(Cc1ccccc1Br)C(=O)CN1C(=O)c2ccc([N+](=O)[O-])cc2C1=O. The van der Waals surface area contributed by atoms with E-state index in [1.54, 1.807) is 7.05 Å². The molecule has 1 aliphatic heterocycles. The second-order valence-electron chi connectivity index (χ2n) is 6.02. The molecule has 2 aromatic carbocycles. The number of carbonyl (C=O) groups is 3. The second kappa shape index (κ2) is 7.28. The molecule has 0 spiro atoms. The summed E-state index contributed by atoms with van der Waals surface area (Å²) in [6.45, 7) is -0.129. The zero-order valence-corrected chi connectivity index (χ0v) is 15.8. The Kier molecular flexibility index (Phi) is 5.04. The summed E-state index contributed by atoms with van der Waals surface area (Å²) in [6, 6.07) is 10.9. The first kappa shape index (κ1) is 18.7. The molecule has 27 heavy (non-hydrogen) atoms. The highest BCUT2D eigenvalue weighted by molar-refractivity contribution is 9.10. The van der Waals surface area contributed by atoms with Crippen LogP contribution in [0.25, 0.3) is 0 Å². The second-order valence-corrected chi connectivity index (χ2v) is 6.88. The van der Waals surface area contributed by atoms with E-state index in [0.717, 1.165) is 27.1 Å². The number of hydrogen-bond acceptors (Lipinski definition) is 5. The van der Waals surface area contributed by atoms with Gasteiger partial charge in [-0.1, -0.05) is 34.1 Å². The van der Waals surface area contributed by atoms with E-state index in [-0.39, 0.29) is 16.8 Å². The van der Waals surface area contributed by atoms with Gasteiger partial charge in [0, 0.05) is 30.2 Å². The van der Waals surface area contributed by atoms with Crippen molar-refractivity contribution in [2.45, 2.75) is 6.54 Å². The number of carbonyl (C=O) groups excluding carboxylic acids is 3. The predicted molar refractivity (Wildman–Crippen MR) is 99.1 cm³/mol. The van der Waals surface area contributed by atoms with Gasteiger partial charge in [-0.25, -0.2) is 0 Å². The van der Waals surface area contributed by atoms with Crippen molar-refractivity contribution in [3.05, 3.63) is 73.7 Å². The molecule has 0 aliphatic carbocycles. The van der Waals surface area contributed by atoms with Gasteiger partial charge in [0.25, 0.3) is 17.5 Å². The largest absolute Gasteiger partial charge is 0.340 e. The molecule has 1 aliphatic rings. The van der Waals surface area contributed by atoms with Gasteiger partial charge in [0.05, 0.1) is 16.1 Å². The first-order valence-corrected chi connectivity index (χ1v) is 8.71. The quantitative estimate of drug-likeness (QED) is 0.411. The van der Waals surface area contributed by atoms with E-state index in [1.165, 1.54) is 11.0 Å². The Balaban J connectivity index is 1.74. The minimum absolute atomic E-state index is 0.0598. The summed E-state index contributed by atoms with van der Waals surface area (Å²) in [4.78, 5) is 49.8. The summed E-state index contributed by atoms with van der Waals surface area (Å²) < 4.78 is 0.845. The molecule has 0 aromatic heterocycles. The van der Waals surface area contributed by atoms with Crippen LogP contribution in [0.3, 0.4) is 0 Å². The molecule has 0 atom stereocenters. The maximum absolute atomic E-state index is 12.5. The lowest BCUT2D eigenvalue weighted by Gasteiger charge is -2.21. The Morgan fingerprint density at radius 1 is 1.15 bits per heavy atom. The van der Waals surface area contributed by atoms with Crippen LogP contribution >= 0.6 is 15.9 Å². The topological polar surface area (TPSA) is 101 Å². The third-order valence-electron chi connectivity index (χ3n) is 4.25. The van der Waals surface area contributed by atoms with Crippen molar-refractivity contribution in [1.29, 1.82) is 0 Å². The molecule has 0 bridgehead atoms. The molecule has 0 N–H and O–H groups in total. The minimum atomic E-state index is -0.707. The van der Waals surface area contributed by atoms with Crippen LogP contribution in [-0.2, 0) is 11.3 Å². The van der Waals surface area contributed by atoms with Crippen LogP contribution in [0, 0.1) is 10.1 Å². The molecule has 3 rings (SSSR count). The van der Waals surface area contributed by atoms with Crippen molar-refractivity contribution < 1.29 is 19.3 Å². The van der Waals surface area contributed by atoms with E-state index < -0.39 is 29.2 Å². The van der Waals surface area contributed by atoms with Crippen LogP contribution in [0.1, 0.15) is 26.3 Å². The number of halogens is 1. The molecular weight excluding hydrogens is 418 g/mol. The van der Waals surface area contributed by atoms with Gasteiger partial charge in [0.1, 0.15) is 6.54 Å². The summed E-state index contributed by atoms with van der Waals surface area (Å²) in [6.07, 6.45) is 0. The molecule has 2 aromatic rings. The summed E-state index contributed by atoms with van der Waals surface area (Å²) >= 11 is 3.41. The van der Waals surface area contributed by atoms with Crippen molar-refractivity contribution in [3.63, 3.8) is 0 Å². The summed E-state index contributed by atoms with van der Waals surface area (Å²) in [5.74, 6) is -1.76. The van der Waals surface area contributed by atoms with E-state index in [9.17, 15) is 24.5 Å². The number of nitrogens with zero attached hydrogens (tertiary/aromatic N) is 3. The first-order chi connectivity index (χ1) is 12.8. The number of non-ortho nitro benzene ring substituents is 1. The molecule has 9 heteroatoms. The van der Waals surface area contributed by atoms with Crippen molar-refractivity contribution in [3.8, 4) is 0 Å². The molecule has 1 heterocycles. The van der Waals surface area contributed by atoms with Crippen LogP contribution in [0.15, 0.2) is 46.9 Å². The van der Waals surface area contributed by atoms with Crippen molar-refractivity contribution in [2.24, 2.45) is 0 Å². The predicted octanol–water partition coefficient (Wildman–Crippen LogP) is 2.61. The maximum atomic E-state index is 12.5. The Morgan fingerprint density at radius 2 is 1.81 bits per heavy atom. The molecule has 0 fully saturated rings. The Hall–Kier alpha value is -3.07. The lowest BCUT2D eigenvalue weighted by Crippen LogP contribution is -2.41. The fraction of sp³-hybridized carbons (Fsp3) is 0.167. The maximum Gasteiger partial charge on any atom is 0.270 e. The number of hydrogen-bond donors (Lipinski definition) is 0.